The molecule has 0 unspecified atom stereocenters. The van der Waals surface area contributed by atoms with Crippen LogP contribution in [0.1, 0.15) is 48.5 Å². The van der Waals surface area contributed by atoms with Crippen molar-refractivity contribution < 1.29 is 9.18 Å². The smallest absolute Gasteiger partial charge is 0.293 e. The summed E-state index contributed by atoms with van der Waals surface area (Å²) >= 11 is 0. The van der Waals surface area contributed by atoms with Crippen LogP contribution >= 0.6 is 0 Å². The maximum absolute atomic E-state index is 13.1. The van der Waals surface area contributed by atoms with E-state index in [9.17, 15) is 9.18 Å². The Labute approximate surface area is 146 Å². The molecule has 1 saturated carbocycles. The third-order valence-electron chi connectivity index (χ3n) is 5.61. The summed E-state index contributed by atoms with van der Waals surface area (Å²) in [6, 6.07) is 6.04. The molecule has 1 aromatic heterocycles. The summed E-state index contributed by atoms with van der Waals surface area (Å²) in [5.41, 5.74) is 0.705. The molecular weight excluding hydrogens is 319 g/mol. The van der Waals surface area contributed by atoms with E-state index in [1.54, 1.807) is 23.7 Å². The first kappa shape index (κ1) is 16.2. The Balaban J connectivity index is 1.53. The highest BCUT2D eigenvalue weighted by Crippen LogP contribution is 2.36. The number of carbonyl (C=O) groups is 1. The fourth-order valence-electron chi connectivity index (χ4n) is 4.23. The molecule has 2 aliphatic rings. The van der Waals surface area contributed by atoms with Gasteiger partial charge in [-0.15, -0.1) is 5.10 Å². The topological polar surface area (TPSA) is 51.0 Å². The minimum atomic E-state index is -0.298. The average molecular weight is 342 g/mol. The summed E-state index contributed by atoms with van der Waals surface area (Å²) in [7, 11) is 0. The summed E-state index contributed by atoms with van der Waals surface area (Å²) in [6.07, 6.45) is 6.24. The van der Waals surface area contributed by atoms with E-state index in [1.165, 1.54) is 37.8 Å². The first-order valence-electron chi connectivity index (χ1n) is 9.10. The van der Waals surface area contributed by atoms with Crippen molar-refractivity contribution in [3.05, 3.63) is 41.7 Å². The van der Waals surface area contributed by atoms with E-state index < -0.39 is 0 Å². The molecular formula is C19H23FN4O. The zero-order valence-electron chi connectivity index (χ0n) is 14.5. The lowest BCUT2D eigenvalue weighted by Crippen LogP contribution is -2.45. The lowest BCUT2D eigenvalue weighted by molar-refractivity contribution is 0.0510. The van der Waals surface area contributed by atoms with E-state index in [0.717, 1.165) is 25.4 Å². The normalized spacial score (nSPS) is 23.4. The fraction of sp³-hybridized carbons (Fsp3) is 0.526. The first-order chi connectivity index (χ1) is 12.1. The van der Waals surface area contributed by atoms with Gasteiger partial charge in [0, 0.05) is 13.1 Å². The summed E-state index contributed by atoms with van der Waals surface area (Å²) in [4.78, 5) is 19.1. The number of piperidine rings is 1. The number of rotatable bonds is 2. The van der Waals surface area contributed by atoms with Crippen LogP contribution in [-0.2, 0) is 0 Å². The Morgan fingerprint density at radius 3 is 2.60 bits per heavy atom. The molecule has 5 nitrogen and oxygen atoms in total. The minimum absolute atomic E-state index is 0.0898. The quantitative estimate of drug-likeness (QED) is 0.841. The van der Waals surface area contributed by atoms with Crippen LogP contribution in [0.5, 0.6) is 0 Å². The Hall–Kier alpha value is -2.24. The highest BCUT2D eigenvalue weighted by molar-refractivity contribution is 5.90. The highest BCUT2D eigenvalue weighted by Gasteiger charge is 2.34. The maximum atomic E-state index is 13.1. The molecule has 25 heavy (non-hydrogen) atoms. The van der Waals surface area contributed by atoms with Gasteiger partial charge in [-0.1, -0.05) is 19.3 Å². The lowest BCUT2D eigenvalue weighted by atomic mass is 9.75. The van der Waals surface area contributed by atoms with Crippen LogP contribution in [0.4, 0.5) is 4.39 Å². The van der Waals surface area contributed by atoms with Crippen LogP contribution < -0.4 is 0 Å². The number of nitrogens with zero attached hydrogens (tertiary/aromatic N) is 4. The average Bonchev–Trinajstić information content (AvgIpc) is 3.03. The number of fused-ring (bicyclic) bond motifs is 1. The van der Waals surface area contributed by atoms with Crippen molar-refractivity contribution in [3.63, 3.8) is 0 Å². The van der Waals surface area contributed by atoms with Gasteiger partial charge in [0.15, 0.2) is 0 Å². The van der Waals surface area contributed by atoms with E-state index >= 15 is 0 Å². The minimum Gasteiger partial charge on any atom is -0.336 e. The molecule has 0 radical (unpaired) electrons. The number of halogens is 1. The number of aryl methyl sites for hydroxylation is 1. The predicted molar refractivity (Wildman–Crippen MR) is 92.0 cm³/mol. The van der Waals surface area contributed by atoms with Crippen molar-refractivity contribution in [1.82, 2.24) is 19.7 Å². The number of carbonyl (C=O) groups excluding carboxylic acids is 1. The molecule has 1 amide bonds. The number of hydrogen-bond acceptors (Lipinski definition) is 3. The molecule has 0 N–H and O–H groups in total. The van der Waals surface area contributed by atoms with E-state index in [0.29, 0.717) is 17.4 Å². The SMILES string of the molecule is Cc1nc(C(=O)N2CC[C@@H]3CCCC[C@@H]3C2)nn1-c1ccc(F)cc1. The molecule has 2 fully saturated rings. The maximum Gasteiger partial charge on any atom is 0.293 e. The van der Waals surface area contributed by atoms with Crippen LogP contribution in [0.2, 0.25) is 0 Å². The number of hydrogen-bond donors (Lipinski definition) is 0. The highest BCUT2D eigenvalue weighted by atomic mass is 19.1. The van der Waals surface area contributed by atoms with Gasteiger partial charge in [-0.05, 0) is 55.9 Å². The Morgan fingerprint density at radius 1 is 1.12 bits per heavy atom. The van der Waals surface area contributed by atoms with E-state index in [1.807, 2.05) is 4.90 Å². The molecule has 1 aromatic carbocycles. The largest absolute Gasteiger partial charge is 0.336 e. The third kappa shape index (κ3) is 3.17. The van der Waals surface area contributed by atoms with Crippen LogP contribution in [0.25, 0.3) is 5.69 Å². The summed E-state index contributed by atoms with van der Waals surface area (Å²) < 4.78 is 14.7. The number of likely N-dealkylation sites (tertiary alicyclic amines) is 1. The van der Waals surface area contributed by atoms with E-state index in [4.69, 9.17) is 0 Å². The summed E-state index contributed by atoms with van der Waals surface area (Å²) in [5, 5.41) is 4.38. The van der Waals surface area contributed by atoms with Crippen molar-refractivity contribution in [2.75, 3.05) is 13.1 Å². The Morgan fingerprint density at radius 2 is 1.84 bits per heavy atom. The van der Waals surface area contributed by atoms with E-state index in [-0.39, 0.29) is 17.5 Å². The molecule has 4 rings (SSSR count). The first-order valence-corrected chi connectivity index (χ1v) is 9.10. The predicted octanol–water partition coefficient (Wildman–Crippen LogP) is 3.37. The van der Waals surface area contributed by atoms with Crippen molar-refractivity contribution in [1.29, 1.82) is 0 Å². The monoisotopic (exact) mass is 342 g/mol. The molecule has 2 aromatic rings. The Kier molecular flexibility index (Phi) is 4.27. The number of amides is 1. The standard InChI is InChI=1S/C19H23FN4O/c1-13-21-18(22-24(13)17-8-6-16(20)7-9-17)19(25)23-11-10-14-4-2-3-5-15(14)12-23/h6-9,14-15H,2-5,10-12H2,1H3/t14-,15+/m0/s1. The van der Waals surface area contributed by atoms with Crippen LogP contribution in [0.3, 0.4) is 0 Å². The van der Waals surface area contributed by atoms with Crippen molar-refractivity contribution >= 4 is 5.91 Å². The molecule has 0 spiro atoms. The molecule has 2 atom stereocenters. The summed E-state index contributed by atoms with van der Waals surface area (Å²) in [6.45, 7) is 3.43. The zero-order valence-corrected chi connectivity index (χ0v) is 14.5. The number of benzene rings is 1. The van der Waals surface area contributed by atoms with Gasteiger partial charge in [0.05, 0.1) is 5.69 Å². The summed E-state index contributed by atoms with van der Waals surface area (Å²) in [5.74, 6) is 1.88. The Bertz CT molecular complexity index is 770. The zero-order chi connectivity index (χ0) is 17.4. The van der Waals surface area contributed by atoms with Gasteiger partial charge in [0.2, 0.25) is 5.82 Å². The van der Waals surface area contributed by atoms with Gasteiger partial charge < -0.3 is 4.90 Å². The van der Waals surface area contributed by atoms with Gasteiger partial charge >= 0.3 is 0 Å². The van der Waals surface area contributed by atoms with Gasteiger partial charge in [0.25, 0.3) is 5.91 Å². The molecule has 6 heteroatoms. The van der Waals surface area contributed by atoms with Gasteiger partial charge in [-0.3, -0.25) is 4.79 Å². The molecule has 1 aliphatic carbocycles. The molecule has 1 saturated heterocycles. The molecule has 2 heterocycles. The van der Waals surface area contributed by atoms with Gasteiger partial charge in [0.1, 0.15) is 11.6 Å². The molecule has 0 bridgehead atoms. The fourth-order valence-corrected chi connectivity index (χ4v) is 4.23. The van der Waals surface area contributed by atoms with Crippen LogP contribution in [-0.4, -0.2) is 38.7 Å². The second-order valence-electron chi connectivity index (χ2n) is 7.22. The van der Waals surface area contributed by atoms with Crippen molar-refractivity contribution in [2.24, 2.45) is 11.8 Å². The number of aromatic nitrogens is 3. The lowest BCUT2D eigenvalue weighted by Gasteiger charge is -2.40. The van der Waals surface area contributed by atoms with Crippen LogP contribution in [0, 0.1) is 24.6 Å². The van der Waals surface area contributed by atoms with Gasteiger partial charge in [-0.25, -0.2) is 14.1 Å². The second kappa shape index (κ2) is 6.58. The van der Waals surface area contributed by atoms with Gasteiger partial charge in [-0.2, -0.15) is 0 Å². The second-order valence-corrected chi connectivity index (χ2v) is 7.22. The van der Waals surface area contributed by atoms with Crippen molar-refractivity contribution in [2.45, 2.75) is 39.0 Å². The van der Waals surface area contributed by atoms with E-state index in [2.05, 4.69) is 10.1 Å². The van der Waals surface area contributed by atoms with Crippen LogP contribution in [0.15, 0.2) is 24.3 Å². The molecule has 1 aliphatic heterocycles. The third-order valence-corrected chi connectivity index (χ3v) is 5.61. The molecule has 132 valence electrons. The van der Waals surface area contributed by atoms with Crippen molar-refractivity contribution in [3.8, 4) is 5.69 Å².